The number of rotatable bonds is 5. The number of halogens is 2. The lowest BCUT2D eigenvalue weighted by molar-refractivity contribution is -0.147. The standard InChI is InChI=1S/C7H17N.C3H2ClIO4/c1-4-7(8,5-2)6-3;4-3(5,1(6)7)2(8)9/h4-6,8H2,1-3H3;(H,6,7)(H,8,9). The van der Waals surface area contributed by atoms with E-state index in [0.717, 1.165) is 41.9 Å². The van der Waals surface area contributed by atoms with Crippen LogP contribution < -0.4 is 5.73 Å². The van der Waals surface area contributed by atoms with E-state index in [2.05, 4.69) is 20.8 Å². The van der Waals surface area contributed by atoms with Crippen molar-refractivity contribution in [3.63, 3.8) is 0 Å². The second-order valence-electron chi connectivity index (χ2n) is 3.61. The van der Waals surface area contributed by atoms with Gasteiger partial charge < -0.3 is 15.9 Å². The van der Waals surface area contributed by atoms with Crippen LogP contribution in [0.5, 0.6) is 0 Å². The molecule has 4 N–H and O–H groups in total. The Morgan fingerprint density at radius 3 is 1.35 bits per heavy atom. The molecule has 0 aromatic rings. The Kier molecular flexibility index (Phi) is 9.18. The molecule has 0 bridgehead atoms. The number of aliphatic carboxylic acids is 2. The maximum atomic E-state index is 9.94. The molecular weight excluding hydrogens is 360 g/mol. The summed E-state index contributed by atoms with van der Waals surface area (Å²) >= 11 is 6.12. The zero-order chi connectivity index (χ0) is 14.3. The monoisotopic (exact) mass is 379 g/mol. The van der Waals surface area contributed by atoms with Gasteiger partial charge in [0.15, 0.2) is 0 Å². The van der Waals surface area contributed by atoms with Gasteiger partial charge in [-0.25, -0.2) is 9.59 Å². The van der Waals surface area contributed by atoms with Gasteiger partial charge in [-0.05, 0) is 41.9 Å². The van der Waals surface area contributed by atoms with Crippen molar-refractivity contribution in [2.75, 3.05) is 0 Å². The molecule has 0 aromatic heterocycles. The summed E-state index contributed by atoms with van der Waals surface area (Å²) in [6.07, 6.45) is 3.29. The molecule has 0 fully saturated rings. The third-order valence-electron chi connectivity index (χ3n) is 2.65. The lowest BCUT2D eigenvalue weighted by atomic mass is 9.92. The van der Waals surface area contributed by atoms with E-state index in [1.807, 2.05) is 0 Å². The SMILES string of the molecule is CCC(N)(CC)CC.O=C(O)C(Cl)(I)C(=O)O. The maximum Gasteiger partial charge on any atom is 0.346 e. The fraction of sp³-hybridized carbons (Fsp3) is 0.800. The van der Waals surface area contributed by atoms with Gasteiger partial charge in [-0.3, -0.25) is 0 Å². The molecule has 0 radical (unpaired) electrons. The average molecular weight is 380 g/mol. The van der Waals surface area contributed by atoms with Crippen molar-refractivity contribution < 1.29 is 19.8 Å². The summed E-state index contributed by atoms with van der Waals surface area (Å²) in [4.78, 5) is 19.9. The molecule has 0 aliphatic rings. The number of carboxylic acid groups (broad SMARTS) is 2. The molecule has 0 amide bonds. The lowest BCUT2D eigenvalue weighted by Gasteiger charge is -2.23. The van der Waals surface area contributed by atoms with Crippen molar-refractivity contribution in [1.82, 2.24) is 0 Å². The van der Waals surface area contributed by atoms with E-state index in [1.54, 1.807) is 0 Å². The Hall–Kier alpha value is -0.0800. The average Bonchev–Trinajstić information content (AvgIpc) is 2.28. The Morgan fingerprint density at radius 1 is 1.12 bits per heavy atom. The van der Waals surface area contributed by atoms with Crippen molar-refractivity contribution >= 4 is 46.1 Å². The first-order chi connectivity index (χ1) is 7.57. The summed E-state index contributed by atoms with van der Waals surface area (Å²) in [6.45, 7) is 6.44. The zero-order valence-corrected chi connectivity index (χ0v) is 13.1. The molecule has 17 heavy (non-hydrogen) atoms. The number of hydrogen-bond acceptors (Lipinski definition) is 3. The molecule has 0 aromatic carbocycles. The highest BCUT2D eigenvalue weighted by Crippen LogP contribution is 2.24. The fourth-order valence-corrected chi connectivity index (χ4v) is 0.841. The van der Waals surface area contributed by atoms with Gasteiger partial charge >= 0.3 is 11.9 Å². The molecule has 0 saturated carbocycles. The molecular formula is C10H19ClINO4. The van der Waals surface area contributed by atoms with Gasteiger partial charge in [-0.1, -0.05) is 32.4 Å². The van der Waals surface area contributed by atoms with Gasteiger partial charge in [-0.2, -0.15) is 0 Å². The molecule has 0 unspecified atom stereocenters. The minimum absolute atomic E-state index is 0.125. The van der Waals surface area contributed by atoms with E-state index < -0.39 is 14.8 Å². The highest BCUT2D eigenvalue weighted by molar-refractivity contribution is 14.1. The van der Waals surface area contributed by atoms with E-state index >= 15 is 0 Å². The Labute approximate surface area is 120 Å². The number of nitrogens with two attached hydrogens (primary N) is 1. The van der Waals surface area contributed by atoms with Crippen LogP contribution in [0, 0.1) is 0 Å². The largest absolute Gasteiger partial charge is 0.479 e. The number of carbonyl (C=O) groups is 2. The lowest BCUT2D eigenvalue weighted by Crippen LogP contribution is -2.37. The summed E-state index contributed by atoms with van der Waals surface area (Å²) in [7, 11) is 0. The van der Waals surface area contributed by atoms with E-state index in [4.69, 9.17) is 27.5 Å². The van der Waals surface area contributed by atoms with E-state index in [-0.39, 0.29) is 5.54 Å². The van der Waals surface area contributed by atoms with E-state index in [9.17, 15) is 9.59 Å². The third-order valence-corrected chi connectivity index (χ3v) is 3.90. The van der Waals surface area contributed by atoms with E-state index in [1.165, 1.54) is 0 Å². The van der Waals surface area contributed by atoms with Gasteiger partial charge in [0.25, 0.3) is 2.88 Å². The first kappa shape index (κ1) is 19.3. The minimum Gasteiger partial charge on any atom is -0.479 e. The molecule has 0 atom stereocenters. The van der Waals surface area contributed by atoms with Crippen LogP contribution in [0.15, 0.2) is 0 Å². The van der Waals surface area contributed by atoms with Gasteiger partial charge in [0.2, 0.25) is 0 Å². The van der Waals surface area contributed by atoms with Gasteiger partial charge in [0.05, 0.1) is 0 Å². The van der Waals surface area contributed by atoms with Crippen LogP contribution in [0.1, 0.15) is 40.0 Å². The van der Waals surface area contributed by atoms with Crippen LogP contribution in [-0.4, -0.2) is 30.6 Å². The van der Waals surface area contributed by atoms with Crippen LogP contribution in [0.4, 0.5) is 0 Å². The third kappa shape index (κ3) is 7.05. The number of alkyl halides is 2. The van der Waals surface area contributed by atoms with Crippen LogP contribution in [0.3, 0.4) is 0 Å². The van der Waals surface area contributed by atoms with Gasteiger partial charge in [0.1, 0.15) is 0 Å². The minimum atomic E-state index is -2.22. The topological polar surface area (TPSA) is 101 Å². The molecule has 0 heterocycles. The maximum absolute atomic E-state index is 9.94. The van der Waals surface area contributed by atoms with E-state index in [0.29, 0.717) is 0 Å². The Bertz CT molecular complexity index is 243. The van der Waals surface area contributed by atoms with Gasteiger partial charge in [-0.15, -0.1) is 0 Å². The zero-order valence-electron chi connectivity index (χ0n) is 10.2. The van der Waals surface area contributed by atoms with Crippen molar-refractivity contribution in [3.05, 3.63) is 0 Å². The van der Waals surface area contributed by atoms with Crippen LogP contribution >= 0.6 is 34.2 Å². The fourth-order valence-electron chi connectivity index (χ4n) is 0.841. The Morgan fingerprint density at radius 2 is 1.35 bits per heavy atom. The number of carboxylic acids is 2. The molecule has 0 spiro atoms. The molecule has 0 aliphatic heterocycles. The molecule has 0 saturated heterocycles. The molecule has 102 valence electrons. The van der Waals surface area contributed by atoms with Gasteiger partial charge in [0, 0.05) is 5.54 Å². The molecule has 7 heteroatoms. The Balaban J connectivity index is 0. The first-order valence-corrected chi connectivity index (χ1v) is 6.66. The van der Waals surface area contributed by atoms with Crippen molar-refractivity contribution in [1.29, 1.82) is 0 Å². The van der Waals surface area contributed by atoms with Crippen molar-refractivity contribution in [2.45, 2.75) is 48.5 Å². The number of hydrogen-bond donors (Lipinski definition) is 3. The summed E-state index contributed by atoms with van der Waals surface area (Å²) in [6, 6.07) is 0. The van der Waals surface area contributed by atoms with Crippen LogP contribution in [0.2, 0.25) is 0 Å². The second-order valence-corrected chi connectivity index (χ2v) is 6.43. The highest BCUT2D eigenvalue weighted by Gasteiger charge is 2.41. The predicted molar refractivity (Wildman–Crippen MR) is 75.7 cm³/mol. The normalized spacial score (nSPS) is 11.4. The summed E-state index contributed by atoms with van der Waals surface area (Å²) < 4.78 is -2.22. The van der Waals surface area contributed by atoms with Crippen molar-refractivity contribution in [2.24, 2.45) is 5.73 Å². The summed E-state index contributed by atoms with van der Waals surface area (Å²) in [5.41, 5.74) is 6.02. The predicted octanol–water partition coefficient (Wildman–Crippen LogP) is 2.44. The molecule has 5 nitrogen and oxygen atoms in total. The molecule has 0 aliphatic carbocycles. The van der Waals surface area contributed by atoms with Crippen molar-refractivity contribution in [3.8, 4) is 0 Å². The smallest absolute Gasteiger partial charge is 0.346 e. The summed E-state index contributed by atoms with van der Waals surface area (Å²) in [5.74, 6) is -3.14. The second kappa shape index (κ2) is 8.10. The summed E-state index contributed by atoms with van der Waals surface area (Å²) in [5, 5.41) is 16.2. The highest BCUT2D eigenvalue weighted by atomic mass is 127. The molecule has 0 rings (SSSR count). The van der Waals surface area contributed by atoms with Crippen LogP contribution in [0.25, 0.3) is 0 Å². The first-order valence-electron chi connectivity index (χ1n) is 5.20. The van der Waals surface area contributed by atoms with Crippen LogP contribution in [-0.2, 0) is 9.59 Å². The quantitative estimate of drug-likeness (QED) is 0.387.